The lowest BCUT2D eigenvalue weighted by Gasteiger charge is -2.18. The number of carbonyl (C=O) groups excluding carboxylic acids is 1. The van der Waals surface area contributed by atoms with Crippen LogP contribution in [0.25, 0.3) is 0 Å². The van der Waals surface area contributed by atoms with E-state index in [9.17, 15) is 4.79 Å². The largest absolute Gasteiger partial charge is 0.494 e. The Balaban J connectivity index is 2.37. The van der Waals surface area contributed by atoms with Gasteiger partial charge in [-0.2, -0.15) is 0 Å². The number of unbranched alkanes of at least 4 members (excludes halogenated alkanes) is 3. The molecular formula is C18H29NO2. The molecule has 0 radical (unpaired) electrons. The van der Waals surface area contributed by atoms with E-state index in [-0.39, 0.29) is 11.3 Å². The minimum absolute atomic E-state index is 0.0283. The van der Waals surface area contributed by atoms with Crippen LogP contribution in [0, 0.1) is 5.41 Å². The molecule has 0 atom stereocenters. The van der Waals surface area contributed by atoms with E-state index in [0.29, 0.717) is 12.1 Å². The van der Waals surface area contributed by atoms with Gasteiger partial charge < -0.3 is 10.1 Å². The normalized spacial score (nSPS) is 11.2. The maximum Gasteiger partial charge on any atom is 0.251 e. The lowest BCUT2D eigenvalue weighted by Crippen LogP contribution is -2.32. The third kappa shape index (κ3) is 7.74. The van der Waals surface area contributed by atoms with Gasteiger partial charge in [0.1, 0.15) is 5.75 Å². The number of nitrogens with one attached hydrogen (secondary N) is 1. The number of carbonyl (C=O) groups is 1. The van der Waals surface area contributed by atoms with Crippen LogP contribution in [0.4, 0.5) is 0 Å². The first-order valence-electron chi connectivity index (χ1n) is 7.93. The van der Waals surface area contributed by atoms with Crippen LogP contribution in [0.5, 0.6) is 5.75 Å². The van der Waals surface area contributed by atoms with Gasteiger partial charge in [0.15, 0.2) is 0 Å². The molecular weight excluding hydrogens is 262 g/mol. The molecule has 118 valence electrons. The van der Waals surface area contributed by atoms with Gasteiger partial charge in [-0.25, -0.2) is 0 Å². The summed E-state index contributed by atoms with van der Waals surface area (Å²) in [5.41, 5.74) is 0.773. The van der Waals surface area contributed by atoms with Crippen LogP contribution >= 0.6 is 0 Å². The summed E-state index contributed by atoms with van der Waals surface area (Å²) in [5, 5.41) is 2.94. The number of ether oxygens (including phenoxy) is 1. The maximum absolute atomic E-state index is 12.0. The van der Waals surface area contributed by atoms with Crippen molar-refractivity contribution in [1.82, 2.24) is 5.32 Å². The Morgan fingerprint density at radius 1 is 1.10 bits per heavy atom. The second-order valence-corrected chi connectivity index (χ2v) is 6.68. The van der Waals surface area contributed by atoms with Crippen LogP contribution in [0.1, 0.15) is 63.7 Å². The molecule has 0 aliphatic heterocycles. The fourth-order valence-electron chi connectivity index (χ4n) is 1.87. The van der Waals surface area contributed by atoms with Gasteiger partial charge in [-0.05, 0) is 36.1 Å². The van der Waals surface area contributed by atoms with Gasteiger partial charge >= 0.3 is 0 Å². The smallest absolute Gasteiger partial charge is 0.251 e. The second-order valence-electron chi connectivity index (χ2n) is 6.68. The van der Waals surface area contributed by atoms with Crippen LogP contribution in [0.15, 0.2) is 24.3 Å². The average molecular weight is 291 g/mol. The van der Waals surface area contributed by atoms with E-state index < -0.39 is 0 Å². The Hall–Kier alpha value is -1.51. The van der Waals surface area contributed by atoms with E-state index in [1.807, 2.05) is 24.3 Å². The van der Waals surface area contributed by atoms with Gasteiger partial charge in [-0.1, -0.05) is 47.0 Å². The van der Waals surface area contributed by atoms with Gasteiger partial charge in [-0.3, -0.25) is 4.79 Å². The molecule has 0 unspecified atom stereocenters. The van der Waals surface area contributed by atoms with E-state index in [0.717, 1.165) is 18.8 Å². The molecule has 0 aromatic heterocycles. The van der Waals surface area contributed by atoms with Crippen LogP contribution in [0.3, 0.4) is 0 Å². The highest BCUT2D eigenvalue weighted by atomic mass is 16.5. The molecule has 0 saturated carbocycles. The average Bonchev–Trinajstić information content (AvgIpc) is 2.44. The molecule has 0 fully saturated rings. The van der Waals surface area contributed by atoms with Crippen molar-refractivity contribution < 1.29 is 9.53 Å². The Labute approximate surface area is 129 Å². The Morgan fingerprint density at radius 2 is 1.76 bits per heavy atom. The monoisotopic (exact) mass is 291 g/mol. The van der Waals surface area contributed by atoms with Crippen LogP contribution in [-0.4, -0.2) is 19.1 Å². The number of rotatable bonds is 8. The van der Waals surface area contributed by atoms with E-state index in [1.54, 1.807) is 0 Å². The first kappa shape index (κ1) is 17.5. The minimum atomic E-state index is -0.0283. The molecule has 1 aromatic carbocycles. The van der Waals surface area contributed by atoms with Crippen molar-refractivity contribution in [2.75, 3.05) is 13.2 Å². The zero-order valence-corrected chi connectivity index (χ0v) is 13.9. The van der Waals surface area contributed by atoms with Crippen molar-refractivity contribution in [1.29, 1.82) is 0 Å². The summed E-state index contributed by atoms with van der Waals surface area (Å²) < 4.78 is 5.67. The predicted molar refractivity (Wildman–Crippen MR) is 87.9 cm³/mol. The van der Waals surface area contributed by atoms with Crippen molar-refractivity contribution in [3.8, 4) is 5.75 Å². The Bertz CT molecular complexity index is 418. The molecule has 1 rings (SSSR count). The molecule has 1 amide bonds. The van der Waals surface area contributed by atoms with E-state index >= 15 is 0 Å². The third-order valence-electron chi connectivity index (χ3n) is 3.16. The quantitative estimate of drug-likeness (QED) is 0.720. The molecule has 0 aliphatic rings. The van der Waals surface area contributed by atoms with Crippen molar-refractivity contribution >= 4 is 5.91 Å². The summed E-state index contributed by atoms with van der Waals surface area (Å²) >= 11 is 0. The van der Waals surface area contributed by atoms with Crippen molar-refractivity contribution in [3.05, 3.63) is 29.8 Å². The lowest BCUT2D eigenvalue weighted by atomic mass is 9.97. The number of hydrogen-bond donors (Lipinski definition) is 1. The molecule has 21 heavy (non-hydrogen) atoms. The van der Waals surface area contributed by atoms with Gasteiger partial charge in [0, 0.05) is 12.1 Å². The summed E-state index contributed by atoms with van der Waals surface area (Å²) in [6, 6.07) is 7.37. The zero-order valence-electron chi connectivity index (χ0n) is 13.9. The molecule has 1 N–H and O–H groups in total. The minimum Gasteiger partial charge on any atom is -0.494 e. The number of hydrogen-bond acceptors (Lipinski definition) is 2. The van der Waals surface area contributed by atoms with Crippen molar-refractivity contribution in [3.63, 3.8) is 0 Å². The molecule has 0 heterocycles. The zero-order chi connectivity index (χ0) is 15.7. The van der Waals surface area contributed by atoms with E-state index in [2.05, 4.69) is 33.0 Å². The second kappa shape index (κ2) is 8.71. The molecule has 0 aliphatic carbocycles. The van der Waals surface area contributed by atoms with E-state index in [1.165, 1.54) is 19.3 Å². The van der Waals surface area contributed by atoms with Crippen molar-refractivity contribution in [2.24, 2.45) is 5.41 Å². The number of amides is 1. The number of benzene rings is 1. The van der Waals surface area contributed by atoms with Gasteiger partial charge in [-0.15, -0.1) is 0 Å². The predicted octanol–water partition coefficient (Wildman–Crippen LogP) is 4.42. The van der Waals surface area contributed by atoms with Crippen molar-refractivity contribution in [2.45, 2.75) is 53.4 Å². The highest BCUT2D eigenvalue weighted by Crippen LogP contribution is 2.14. The summed E-state index contributed by atoms with van der Waals surface area (Å²) in [6.45, 7) is 9.91. The first-order chi connectivity index (χ1) is 9.92. The summed E-state index contributed by atoms with van der Waals surface area (Å²) in [5.74, 6) is 0.804. The highest BCUT2D eigenvalue weighted by Gasteiger charge is 2.12. The SMILES string of the molecule is CCCCCCOc1ccc(C(=O)NCC(C)(C)C)cc1. The third-order valence-corrected chi connectivity index (χ3v) is 3.16. The van der Waals surface area contributed by atoms with Gasteiger partial charge in [0.25, 0.3) is 5.91 Å². The maximum atomic E-state index is 12.0. The van der Waals surface area contributed by atoms with Crippen LogP contribution < -0.4 is 10.1 Å². The van der Waals surface area contributed by atoms with E-state index in [4.69, 9.17) is 4.74 Å². The summed E-state index contributed by atoms with van der Waals surface area (Å²) in [7, 11) is 0. The fourth-order valence-corrected chi connectivity index (χ4v) is 1.87. The molecule has 0 bridgehead atoms. The lowest BCUT2D eigenvalue weighted by molar-refractivity contribution is 0.0939. The topological polar surface area (TPSA) is 38.3 Å². The molecule has 3 nitrogen and oxygen atoms in total. The molecule has 1 aromatic rings. The van der Waals surface area contributed by atoms with Crippen LogP contribution in [-0.2, 0) is 0 Å². The van der Waals surface area contributed by atoms with Crippen LogP contribution in [0.2, 0.25) is 0 Å². The van der Waals surface area contributed by atoms with Gasteiger partial charge in [0.2, 0.25) is 0 Å². The highest BCUT2D eigenvalue weighted by molar-refractivity contribution is 5.94. The first-order valence-corrected chi connectivity index (χ1v) is 7.93. The summed E-state index contributed by atoms with van der Waals surface area (Å²) in [6.07, 6.45) is 4.79. The Kier molecular flexibility index (Phi) is 7.27. The molecule has 0 spiro atoms. The summed E-state index contributed by atoms with van der Waals surface area (Å²) in [4.78, 5) is 12.0. The molecule has 0 saturated heterocycles. The molecule has 3 heteroatoms. The standard InChI is InChI=1S/C18H29NO2/c1-5-6-7-8-13-21-16-11-9-15(10-12-16)17(20)19-14-18(2,3)4/h9-12H,5-8,13-14H2,1-4H3,(H,19,20). The fraction of sp³-hybridized carbons (Fsp3) is 0.611. The Morgan fingerprint density at radius 3 is 2.33 bits per heavy atom. The van der Waals surface area contributed by atoms with Gasteiger partial charge in [0.05, 0.1) is 6.61 Å².